The Bertz CT molecular complexity index is 406. The van der Waals surface area contributed by atoms with E-state index in [0.29, 0.717) is 6.42 Å². The molecule has 3 heteroatoms. The van der Waals surface area contributed by atoms with E-state index in [-0.39, 0.29) is 5.91 Å². The van der Waals surface area contributed by atoms with E-state index in [1.165, 1.54) is 31.4 Å². The zero-order chi connectivity index (χ0) is 14.2. The summed E-state index contributed by atoms with van der Waals surface area (Å²) < 4.78 is 0. The summed E-state index contributed by atoms with van der Waals surface area (Å²) in [7, 11) is 0. The summed E-state index contributed by atoms with van der Waals surface area (Å²) in [5, 5.41) is 2.96. The van der Waals surface area contributed by atoms with Crippen molar-refractivity contribution in [3.05, 3.63) is 24.3 Å². The molecule has 1 heterocycles. The molecule has 0 saturated carbocycles. The summed E-state index contributed by atoms with van der Waals surface area (Å²) >= 11 is 0. The average molecular weight is 274 g/mol. The molecule has 2 rings (SSSR count). The van der Waals surface area contributed by atoms with Gasteiger partial charge in [0.2, 0.25) is 5.91 Å². The Morgan fingerprint density at radius 2 is 1.75 bits per heavy atom. The van der Waals surface area contributed by atoms with Crippen molar-refractivity contribution in [2.24, 2.45) is 0 Å². The number of nitrogens with zero attached hydrogens (tertiary/aromatic N) is 1. The van der Waals surface area contributed by atoms with E-state index >= 15 is 0 Å². The summed E-state index contributed by atoms with van der Waals surface area (Å²) in [4.78, 5) is 14.1. The molecule has 0 spiro atoms. The molecule has 0 bridgehead atoms. The Labute approximate surface area is 122 Å². The maximum atomic E-state index is 11.7. The fraction of sp³-hybridized carbons (Fsp3) is 0.588. The molecular weight excluding hydrogens is 248 g/mol. The first kappa shape index (κ1) is 14.9. The van der Waals surface area contributed by atoms with Crippen molar-refractivity contribution in [3.8, 4) is 0 Å². The van der Waals surface area contributed by atoms with Gasteiger partial charge in [-0.1, -0.05) is 26.2 Å². The van der Waals surface area contributed by atoms with E-state index in [0.717, 1.165) is 31.6 Å². The topological polar surface area (TPSA) is 32.3 Å². The number of carbonyl (C=O) groups is 1. The number of amides is 1. The van der Waals surface area contributed by atoms with Gasteiger partial charge in [-0.05, 0) is 43.5 Å². The van der Waals surface area contributed by atoms with E-state index < -0.39 is 0 Å². The predicted molar refractivity (Wildman–Crippen MR) is 85.3 cm³/mol. The molecule has 0 radical (unpaired) electrons. The number of benzene rings is 1. The Kier molecular flexibility index (Phi) is 5.90. The van der Waals surface area contributed by atoms with Crippen LogP contribution in [0, 0.1) is 0 Å². The van der Waals surface area contributed by atoms with Crippen molar-refractivity contribution >= 4 is 17.3 Å². The minimum Gasteiger partial charge on any atom is -0.372 e. The van der Waals surface area contributed by atoms with E-state index in [1.807, 2.05) is 12.1 Å². The van der Waals surface area contributed by atoms with Gasteiger partial charge in [-0.2, -0.15) is 0 Å². The molecule has 1 fully saturated rings. The molecule has 1 aliphatic heterocycles. The lowest BCUT2D eigenvalue weighted by atomic mass is 10.2. The molecule has 0 unspecified atom stereocenters. The predicted octanol–water partition coefficient (Wildman–Crippen LogP) is 4.20. The van der Waals surface area contributed by atoms with Gasteiger partial charge in [0.1, 0.15) is 0 Å². The van der Waals surface area contributed by atoms with Gasteiger partial charge in [-0.25, -0.2) is 0 Å². The lowest BCUT2D eigenvalue weighted by Crippen LogP contribution is -2.23. The molecule has 0 aliphatic carbocycles. The summed E-state index contributed by atoms with van der Waals surface area (Å²) in [6, 6.07) is 8.29. The van der Waals surface area contributed by atoms with E-state index in [4.69, 9.17) is 0 Å². The van der Waals surface area contributed by atoms with Gasteiger partial charge in [-0.3, -0.25) is 4.79 Å². The second-order valence-corrected chi connectivity index (χ2v) is 5.60. The van der Waals surface area contributed by atoms with Gasteiger partial charge in [0.25, 0.3) is 0 Å². The van der Waals surface area contributed by atoms with Gasteiger partial charge in [-0.15, -0.1) is 0 Å². The molecule has 20 heavy (non-hydrogen) atoms. The SMILES string of the molecule is CCCCC(=O)Nc1ccc(N2CCCCCC2)cc1. The molecule has 1 amide bonds. The van der Waals surface area contributed by atoms with Crippen LogP contribution in [0.25, 0.3) is 0 Å². The number of unbranched alkanes of at least 4 members (excludes halogenated alkanes) is 1. The van der Waals surface area contributed by atoms with Crippen molar-refractivity contribution in [3.63, 3.8) is 0 Å². The van der Waals surface area contributed by atoms with Crippen LogP contribution in [0.3, 0.4) is 0 Å². The van der Waals surface area contributed by atoms with Crippen molar-refractivity contribution in [2.75, 3.05) is 23.3 Å². The fourth-order valence-corrected chi connectivity index (χ4v) is 2.65. The summed E-state index contributed by atoms with van der Waals surface area (Å²) in [5.74, 6) is 0.120. The molecule has 1 aromatic rings. The van der Waals surface area contributed by atoms with Crippen LogP contribution in [0.5, 0.6) is 0 Å². The second-order valence-electron chi connectivity index (χ2n) is 5.60. The Hall–Kier alpha value is -1.51. The summed E-state index contributed by atoms with van der Waals surface area (Å²) in [5.41, 5.74) is 2.18. The van der Waals surface area contributed by atoms with Crippen LogP contribution in [0.15, 0.2) is 24.3 Å². The highest BCUT2D eigenvalue weighted by Gasteiger charge is 2.09. The Morgan fingerprint density at radius 3 is 2.35 bits per heavy atom. The molecule has 3 nitrogen and oxygen atoms in total. The smallest absolute Gasteiger partial charge is 0.224 e. The Morgan fingerprint density at radius 1 is 1.10 bits per heavy atom. The lowest BCUT2D eigenvalue weighted by Gasteiger charge is -2.22. The number of rotatable bonds is 5. The van der Waals surface area contributed by atoms with Gasteiger partial charge in [0.15, 0.2) is 0 Å². The Balaban J connectivity index is 1.90. The molecule has 1 aromatic carbocycles. The van der Waals surface area contributed by atoms with Gasteiger partial charge in [0.05, 0.1) is 0 Å². The van der Waals surface area contributed by atoms with Crippen LogP contribution < -0.4 is 10.2 Å². The first-order chi connectivity index (χ1) is 9.79. The minimum absolute atomic E-state index is 0.120. The van der Waals surface area contributed by atoms with Gasteiger partial charge >= 0.3 is 0 Å². The summed E-state index contributed by atoms with van der Waals surface area (Å²) in [6.07, 6.45) is 7.90. The van der Waals surface area contributed by atoms with E-state index in [1.54, 1.807) is 0 Å². The highest BCUT2D eigenvalue weighted by atomic mass is 16.1. The number of hydrogen-bond donors (Lipinski definition) is 1. The number of nitrogens with one attached hydrogen (secondary N) is 1. The first-order valence-electron chi connectivity index (χ1n) is 7.94. The largest absolute Gasteiger partial charge is 0.372 e. The lowest BCUT2D eigenvalue weighted by molar-refractivity contribution is -0.116. The third-order valence-corrected chi connectivity index (χ3v) is 3.88. The van der Waals surface area contributed by atoms with Crippen molar-refractivity contribution < 1.29 is 4.79 Å². The van der Waals surface area contributed by atoms with Crippen LogP contribution >= 0.6 is 0 Å². The van der Waals surface area contributed by atoms with Crippen LogP contribution in [0.2, 0.25) is 0 Å². The van der Waals surface area contributed by atoms with Crippen LogP contribution in [0.1, 0.15) is 51.9 Å². The van der Waals surface area contributed by atoms with Crippen LogP contribution in [0.4, 0.5) is 11.4 Å². The molecule has 1 N–H and O–H groups in total. The van der Waals surface area contributed by atoms with Gasteiger partial charge < -0.3 is 10.2 Å². The van der Waals surface area contributed by atoms with Gasteiger partial charge in [0, 0.05) is 30.9 Å². The molecule has 1 aliphatic rings. The monoisotopic (exact) mass is 274 g/mol. The van der Waals surface area contributed by atoms with E-state index in [9.17, 15) is 4.79 Å². The van der Waals surface area contributed by atoms with Crippen LogP contribution in [-0.4, -0.2) is 19.0 Å². The third kappa shape index (κ3) is 4.55. The normalized spacial score (nSPS) is 15.8. The highest BCUT2D eigenvalue weighted by molar-refractivity contribution is 5.90. The van der Waals surface area contributed by atoms with Crippen molar-refractivity contribution in [1.29, 1.82) is 0 Å². The van der Waals surface area contributed by atoms with Crippen LogP contribution in [-0.2, 0) is 4.79 Å². The number of carbonyl (C=O) groups excluding carboxylic acids is 1. The number of hydrogen-bond acceptors (Lipinski definition) is 2. The number of anilines is 2. The third-order valence-electron chi connectivity index (χ3n) is 3.88. The van der Waals surface area contributed by atoms with Crippen molar-refractivity contribution in [1.82, 2.24) is 0 Å². The standard InChI is InChI=1S/C17H26N2O/c1-2-3-8-17(20)18-15-9-11-16(12-10-15)19-13-6-4-5-7-14-19/h9-12H,2-8,13-14H2,1H3,(H,18,20). The van der Waals surface area contributed by atoms with E-state index in [2.05, 4.69) is 29.3 Å². The molecule has 0 aromatic heterocycles. The maximum Gasteiger partial charge on any atom is 0.224 e. The average Bonchev–Trinajstić information content (AvgIpc) is 2.75. The zero-order valence-corrected chi connectivity index (χ0v) is 12.5. The van der Waals surface area contributed by atoms with Crippen molar-refractivity contribution in [2.45, 2.75) is 51.9 Å². The quantitative estimate of drug-likeness (QED) is 0.873. The highest BCUT2D eigenvalue weighted by Crippen LogP contribution is 2.21. The minimum atomic E-state index is 0.120. The molecule has 110 valence electrons. The maximum absolute atomic E-state index is 11.7. The second kappa shape index (κ2) is 7.93. The summed E-state index contributed by atoms with van der Waals surface area (Å²) in [6.45, 7) is 4.41. The molecule has 1 saturated heterocycles. The molecule has 0 atom stereocenters. The zero-order valence-electron chi connectivity index (χ0n) is 12.5. The molecular formula is C17H26N2O. The first-order valence-corrected chi connectivity index (χ1v) is 7.94. The fourth-order valence-electron chi connectivity index (χ4n) is 2.65.